The van der Waals surface area contributed by atoms with Gasteiger partial charge in [0, 0.05) is 36.3 Å². The van der Waals surface area contributed by atoms with Crippen LogP contribution >= 0.6 is 0 Å². The van der Waals surface area contributed by atoms with Crippen molar-refractivity contribution in [3.05, 3.63) is 54.1 Å². The molecule has 3 atom stereocenters. The van der Waals surface area contributed by atoms with Crippen LogP contribution in [0.4, 0.5) is 5.69 Å². The number of anilines is 1. The maximum Gasteiger partial charge on any atom is 0.235 e. The van der Waals surface area contributed by atoms with E-state index < -0.39 is 11.8 Å². The summed E-state index contributed by atoms with van der Waals surface area (Å²) in [5, 5.41) is 2.84. The molecule has 0 spiro atoms. The molecule has 2 amide bonds. The topological polar surface area (TPSA) is 84.9 Å². The van der Waals surface area contributed by atoms with E-state index in [0.717, 1.165) is 19.3 Å². The highest BCUT2D eigenvalue weighted by molar-refractivity contribution is 6.15. The van der Waals surface area contributed by atoms with Gasteiger partial charge in [0.05, 0.1) is 0 Å². The van der Waals surface area contributed by atoms with Crippen LogP contribution in [0, 0.1) is 16.7 Å². The fourth-order valence-corrected chi connectivity index (χ4v) is 6.50. The Morgan fingerprint density at radius 1 is 1.00 bits per heavy atom. The van der Waals surface area contributed by atoms with Crippen LogP contribution in [-0.4, -0.2) is 48.3 Å². The smallest absolute Gasteiger partial charge is 0.235 e. The van der Waals surface area contributed by atoms with Crippen molar-refractivity contribution in [1.82, 2.24) is 4.90 Å². The fourth-order valence-electron chi connectivity index (χ4n) is 6.50. The molecule has 190 valence electrons. The highest BCUT2D eigenvalue weighted by Gasteiger charge is 2.51. The molecule has 1 N–H and O–H groups in total. The van der Waals surface area contributed by atoms with Gasteiger partial charge in [-0.3, -0.25) is 14.4 Å². The summed E-state index contributed by atoms with van der Waals surface area (Å²) in [6, 6.07) is 14.0. The first-order chi connectivity index (χ1) is 17.1. The van der Waals surface area contributed by atoms with Gasteiger partial charge in [-0.2, -0.15) is 0 Å². The summed E-state index contributed by atoms with van der Waals surface area (Å²) >= 11 is 0. The van der Waals surface area contributed by atoms with Crippen LogP contribution in [0.3, 0.4) is 0 Å². The number of Topliss-reactive ketones (excluding diaryl/α,β-unsaturated/α-hetero) is 1. The van der Waals surface area contributed by atoms with Crippen LogP contribution in [0.5, 0.6) is 11.5 Å². The molecule has 0 unspecified atom stereocenters. The first-order valence-corrected chi connectivity index (χ1v) is 12.7. The number of benzene rings is 2. The van der Waals surface area contributed by atoms with Crippen LogP contribution in [-0.2, 0) is 9.59 Å². The Kier molecular flexibility index (Phi) is 6.27. The number of amides is 2. The second kappa shape index (κ2) is 9.26. The van der Waals surface area contributed by atoms with Crippen molar-refractivity contribution < 1.29 is 23.9 Å². The van der Waals surface area contributed by atoms with Gasteiger partial charge in [-0.25, -0.2) is 0 Å². The van der Waals surface area contributed by atoms with Crippen molar-refractivity contribution >= 4 is 23.3 Å². The van der Waals surface area contributed by atoms with Crippen molar-refractivity contribution in [2.24, 2.45) is 16.7 Å². The zero-order valence-corrected chi connectivity index (χ0v) is 21.2. The molecule has 0 radical (unpaired) electrons. The van der Waals surface area contributed by atoms with E-state index in [9.17, 15) is 14.4 Å². The van der Waals surface area contributed by atoms with Crippen LogP contribution in [0.1, 0.15) is 56.8 Å². The number of carbonyl (C=O) groups is 3. The maximum atomic E-state index is 13.6. The average Bonchev–Trinajstić information content (AvgIpc) is 3.11. The molecule has 5 rings (SSSR count). The molecular weight excluding hydrogens is 456 g/mol. The second-order valence-electron chi connectivity index (χ2n) is 11.6. The van der Waals surface area contributed by atoms with Gasteiger partial charge in [0.1, 0.15) is 19.1 Å². The first kappa shape index (κ1) is 24.3. The van der Waals surface area contributed by atoms with Crippen LogP contribution in [0.15, 0.2) is 48.5 Å². The number of carbonyl (C=O) groups excluding carboxylic acids is 3. The van der Waals surface area contributed by atoms with Crippen molar-refractivity contribution in [2.75, 3.05) is 25.1 Å². The van der Waals surface area contributed by atoms with E-state index in [1.807, 2.05) is 11.0 Å². The summed E-state index contributed by atoms with van der Waals surface area (Å²) in [5.41, 5.74) is 1.16. The molecule has 7 nitrogen and oxygen atoms in total. The lowest BCUT2D eigenvalue weighted by Crippen LogP contribution is -2.41. The lowest BCUT2D eigenvalue weighted by Gasteiger charge is -2.39. The lowest BCUT2D eigenvalue weighted by molar-refractivity contribution is -0.135. The molecule has 1 saturated heterocycles. The van der Waals surface area contributed by atoms with Crippen LogP contribution in [0.2, 0.25) is 0 Å². The zero-order valence-electron chi connectivity index (χ0n) is 21.2. The molecule has 1 aliphatic carbocycles. The number of fused-ring (bicyclic) bond motifs is 3. The van der Waals surface area contributed by atoms with Crippen molar-refractivity contribution in [3.8, 4) is 11.5 Å². The highest BCUT2D eigenvalue weighted by atomic mass is 16.6. The number of nitrogens with one attached hydrogen (secondary N) is 1. The Bertz CT molecular complexity index is 1180. The van der Waals surface area contributed by atoms with Crippen molar-refractivity contribution in [3.63, 3.8) is 0 Å². The van der Waals surface area contributed by atoms with Crippen molar-refractivity contribution in [1.29, 1.82) is 0 Å². The molecule has 36 heavy (non-hydrogen) atoms. The minimum atomic E-state index is -1.13. The normalized spacial score (nSPS) is 24.6. The van der Waals surface area contributed by atoms with Gasteiger partial charge in [-0.1, -0.05) is 51.1 Å². The Morgan fingerprint density at radius 3 is 2.47 bits per heavy atom. The minimum absolute atomic E-state index is 0.0779. The molecule has 2 fully saturated rings. The largest absolute Gasteiger partial charge is 0.486 e. The fraction of sp³-hybridized carbons (Fsp3) is 0.483. The summed E-state index contributed by atoms with van der Waals surface area (Å²) < 4.78 is 11.2. The number of hydrogen-bond donors (Lipinski definition) is 1. The molecule has 2 aliphatic heterocycles. The summed E-state index contributed by atoms with van der Waals surface area (Å²) in [4.78, 5) is 42.5. The zero-order chi connectivity index (χ0) is 25.5. The van der Waals surface area contributed by atoms with Gasteiger partial charge in [0.25, 0.3) is 0 Å². The molecule has 1 saturated carbocycles. The van der Waals surface area contributed by atoms with E-state index in [-0.39, 0.29) is 35.0 Å². The monoisotopic (exact) mass is 490 g/mol. The number of hydrogen-bond acceptors (Lipinski definition) is 5. The third kappa shape index (κ3) is 4.97. The summed E-state index contributed by atoms with van der Waals surface area (Å²) in [6.07, 6.45) is 2.83. The summed E-state index contributed by atoms with van der Waals surface area (Å²) in [6.45, 7) is 8.34. The van der Waals surface area contributed by atoms with Crippen LogP contribution < -0.4 is 14.8 Å². The van der Waals surface area contributed by atoms with E-state index in [0.29, 0.717) is 42.5 Å². The highest BCUT2D eigenvalue weighted by Crippen LogP contribution is 2.52. The Hall–Kier alpha value is -3.35. The van der Waals surface area contributed by atoms with Gasteiger partial charge < -0.3 is 19.7 Å². The van der Waals surface area contributed by atoms with Crippen LogP contribution in [0.25, 0.3) is 0 Å². The van der Waals surface area contributed by atoms with E-state index >= 15 is 0 Å². The molecule has 2 bridgehead atoms. The Labute approximate surface area is 212 Å². The molecule has 0 aromatic heterocycles. The third-order valence-corrected chi connectivity index (χ3v) is 7.61. The predicted molar refractivity (Wildman–Crippen MR) is 136 cm³/mol. The molecule has 2 aromatic rings. The standard InChI is InChI=1S/C29H34N2O5/c1-28(2)15-21-16-29(3,17-28)18-31(21)25(32)14-22(26(33)19-7-5-4-6-8-19)27(34)30-20-9-10-23-24(13-20)36-12-11-35-23/h4-10,13,21-22H,11-12,14-18H2,1-3H3,(H,30,34)/t21-,22+,29+/m0/s1. The SMILES string of the molecule is CC1(C)C[C@H]2C[C@@](C)(CN2C(=O)C[C@@H](C(=O)Nc2ccc3c(c2)OCCO3)C(=O)c2ccccc2)C1. The van der Waals surface area contributed by atoms with E-state index in [4.69, 9.17) is 9.47 Å². The van der Waals surface area contributed by atoms with Crippen molar-refractivity contribution in [2.45, 2.75) is 52.5 Å². The molecular formula is C29H34N2O5. The van der Waals surface area contributed by atoms with Gasteiger partial charge in [-0.15, -0.1) is 0 Å². The van der Waals surface area contributed by atoms with E-state index in [1.165, 1.54) is 0 Å². The van der Waals surface area contributed by atoms with E-state index in [1.54, 1.807) is 42.5 Å². The third-order valence-electron chi connectivity index (χ3n) is 7.61. The minimum Gasteiger partial charge on any atom is -0.486 e. The first-order valence-electron chi connectivity index (χ1n) is 12.7. The average molecular weight is 491 g/mol. The van der Waals surface area contributed by atoms with Gasteiger partial charge in [0.15, 0.2) is 17.3 Å². The van der Waals surface area contributed by atoms with E-state index in [2.05, 4.69) is 26.1 Å². The number of ketones is 1. The number of nitrogens with zero attached hydrogens (tertiary/aromatic N) is 1. The van der Waals surface area contributed by atoms with Gasteiger partial charge in [0.2, 0.25) is 11.8 Å². The maximum absolute atomic E-state index is 13.6. The number of likely N-dealkylation sites (tertiary alicyclic amines) is 1. The predicted octanol–water partition coefficient (Wildman–Crippen LogP) is 4.71. The Balaban J connectivity index is 1.37. The summed E-state index contributed by atoms with van der Waals surface area (Å²) in [7, 11) is 0. The summed E-state index contributed by atoms with van der Waals surface area (Å²) in [5.74, 6) is -0.957. The molecule has 3 aliphatic rings. The molecule has 2 heterocycles. The molecule has 2 aromatic carbocycles. The van der Waals surface area contributed by atoms with Gasteiger partial charge in [-0.05, 0) is 42.2 Å². The number of ether oxygens (including phenoxy) is 2. The lowest BCUT2D eigenvalue weighted by atomic mass is 9.65. The quantitative estimate of drug-likeness (QED) is 0.468. The van der Waals surface area contributed by atoms with Gasteiger partial charge >= 0.3 is 0 Å². The number of rotatable bonds is 6. The Morgan fingerprint density at radius 2 is 1.72 bits per heavy atom. The molecule has 7 heteroatoms. The second-order valence-corrected chi connectivity index (χ2v) is 11.6.